The van der Waals surface area contributed by atoms with Crippen LogP contribution in [0.25, 0.3) is 0 Å². The van der Waals surface area contributed by atoms with Crippen LogP contribution in [0.2, 0.25) is 0 Å². The third-order valence-electron chi connectivity index (χ3n) is 3.71. The summed E-state index contributed by atoms with van der Waals surface area (Å²) in [7, 11) is 1.34. The lowest BCUT2D eigenvalue weighted by atomic mass is 10.0. The number of hydrogen-bond acceptors (Lipinski definition) is 6. The van der Waals surface area contributed by atoms with Gasteiger partial charge in [0, 0.05) is 12.8 Å². The van der Waals surface area contributed by atoms with Gasteiger partial charge in [0.2, 0.25) is 0 Å². The van der Waals surface area contributed by atoms with E-state index in [-0.39, 0.29) is 18.1 Å². The molecule has 6 heteroatoms. The number of ether oxygens (including phenoxy) is 2. The molecule has 0 amide bonds. The molecule has 2 heterocycles. The fraction of sp³-hybridized carbons (Fsp3) is 0.400. The summed E-state index contributed by atoms with van der Waals surface area (Å²) >= 11 is 0. The Morgan fingerprint density at radius 2 is 2.19 bits per heavy atom. The molecule has 6 nitrogen and oxygen atoms in total. The number of cyclic esters (lactones) is 1. The molecule has 0 saturated heterocycles. The number of carbonyl (C=O) groups is 2. The third-order valence-corrected chi connectivity index (χ3v) is 3.71. The lowest BCUT2D eigenvalue weighted by Gasteiger charge is -2.30. The van der Waals surface area contributed by atoms with Crippen molar-refractivity contribution in [2.45, 2.75) is 31.9 Å². The molecule has 0 spiro atoms. The van der Waals surface area contributed by atoms with Gasteiger partial charge in [-0.25, -0.2) is 9.59 Å². The predicted molar refractivity (Wildman–Crippen MR) is 76.3 cm³/mol. The molecule has 0 saturated carbocycles. The highest BCUT2D eigenvalue weighted by Gasteiger charge is 2.37. The van der Waals surface area contributed by atoms with Crippen molar-refractivity contribution in [2.24, 2.45) is 5.10 Å². The molecule has 1 aromatic carbocycles. The van der Waals surface area contributed by atoms with Crippen LogP contribution in [0.4, 0.5) is 5.69 Å². The van der Waals surface area contributed by atoms with E-state index in [1.165, 1.54) is 7.11 Å². The largest absolute Gasteiger partial charge is 0.464 e. The maximum absolute atomic E-state index is 12.1. The lowest BCUT2D eigenvalue weighted by molar-refractivity contribution is -0.132. The Balaban J connectivity index is 2.06. The van der Waals surface area contributed by atoms with Crippen molar-refractivity contribution in [1.82, 2.24) is 0 Å². The fourth-order valence-corrected chi connectivity index (χ4v) is 2.76. The molecule has 3 rings (SSSR count). The number of fused-ring (bicyclic) bond motifs is 3. The molecule has 0 unspecified atom stereocenters. The Hall–Kier alpha value is -2.37. The molecule has 2 aliphatic heterocycles. The zero-order valence-corrected chi connectivity index (χ0v) is 11.9. The minimum atomic E-state index is -0.431. The number of esters is 2. The summed E-state index contributed by atoms with van der Waals surface area (Å²) in [5.74, 6) is -0.794. The summed E-state index contributed by atoms with van der Waals surface area (Å²) in [4.78, 5) is 23.8. The zero-order valence-electron chi connectivity index (χ0n) is 11.9. The topological polar surface area (TPSA) is 68.2 Å². The van der Waals surface area contributed by atoms with Gasteiger partial charge in [0.25, 0.3) is 0 Å². The number of hydrogen-bond donors (Lipinski definition) is 0. The first-order chi connectivity index (χ1) is 10.1. The van der Waals surface area contributed by atoms with Crippen LogP contribution in [0.5, 0.6) is 0 Å². The van der Waals surface area contributed by atoms with Crippen LogP contribution in [-0.2, 0) is 14.3 Å². The van der Waals surface area contributed by atoms with Gasteiger partial charge >= 0.3 is 11.9 Å². The molecule has 0 N–H and O–H groups in total. The Bertz CT molecular complexity index is 626. The highest BCUT2D eigenvalue weighted by molar-refractivity contribution is 6.37. The Labute approximate surface area is 122 Å². The van der Waals surface area contributed by atoms with Crippen molar-refractivity contribution in [3.05, 3.63) is 29.8 Å². The molecule has 0 fully saturated rings. The van der Waals surface area contributed by atoms with E-state index in [9.17, 15) is 9.59 Å². The first kappa shape index (κ1) is 13.6. The normalized spacial score (nSPS) is 24.2. The number of methoxy groups -OCH3 is 1. The molecule has 0 aromatic heterocycles. The van der Waals surface area contributed by atoms with E-state index < -0.39 is 5.97 Å². The second-order valence-corrected chi connectivity index (χ2v) is 5.21. The number of nitrogens with zero attached hydrogens (tertiary/aromatic N) is 2. The molecule has 2 aliphatic rings. The van der Waals surface area contributed by atoms with Gasteiger partial charge in [-0.15, -0.1) is 0 Å². The van der Waals surface area contributed by atoms with Crippen LogP contribution in [0.15, 0.2) is 29.4 Å². The minimum absolute atomic E-state index is 0.0108. The van der Waals surface area contributed by atoms with Crippen molar-refractivity contribution < 1.29 is 19.1 Å². The molecule has 0 radical (unpaired) electrons. The van der Waals surface area contributed by atoms with Crippen LogP contribution in [0, 0.1) is 0 Å². The van der Waals surface area contributed by atoms with Gasteiger partial charge in [0.1, 0.15) is 11.8 Å². The molecule has 21 heavy (non-hydrogen) atoms. The molecule has 1 aromatic rings. The highest BCUT2D eigenvalue weighted by atomic mass is 16.5. The number of carbonyl (C=O) groups excluding carboxylic acids is 2. The van der Waals surface area contributed by atoms with E-state index in [2.05, 4.69) is 5.10 Å². The second kappa shape index (κ2) is 5.20. The van der Waals surface area contributed by atoms with Crippen LogP contribution >= 0.6 is 0 Å². The van der Waals surface area contributed by atoms with Crippen molar-refractivity contribution in [3.63, 3.8) is 0 Å². The molecular formula is C15H16N2O4. The van der Waals surface area contributed by atoms with Gasteiger partial charge in [-0.1, -0.05) is 12.1 Å². The van der Waals surface area contributed by atoms with Crippen molar-refractivity contribution >= 4 is 23.3 Å². The number of rotatable bonds is 1. The Kier molecular flexibility index (Phi) is 3.37. The van der Waals surface area contributed by atoms with E-state index >= 15 is 0 Å². The highest BCUT2D eigenvalue weighted by Crippen LogP contribution is 2.33. The van der Waals surface area contributed by atoms with Crippen LogP contribution in [-0.4, -0.2) is 36.9 Å². The van der Waals surface area contributed by atoms with E-state index in [0.717, 1.165) is 0 Å². The average molecular weight is 288 g/mol. The van der Waals surface area contributed by atoms with E-state index in [0.29, 0.717) is 29.8 Å². The fourth-order valence-electron chi connectivity index (χ4n) is 2.76. The number of anilines is 1. The molecule has 0 bridgehead atoms. The first-order valence-corrected chi connectivity index (χ1v) is 6.85. The smallest absolute Gasteiger partial charge is 0.354 e. The van der Waals surface area contributed by atoms with E-state index in [4.69, 9.17) is 9.47 Å². The third kappa shape index (κ3) is 2.37. The van der Waals surface area contributed by atoms with Crippen LogP contribution < -0.4 is 5.01 Å². The van der Waals surface area contributed by atoms with Gasteiger partial charge in [-0.2, -0.15) is 5.10 Å². The summed E-state index contributed by atoms with van der Waals surface area (Å²) in [6.07, 6.45) is 0.873. The number of benzene rings is 1. The zero-order chi connectivity index (χ0) is 15.0. The van der Waals surface area contributed by atoms with Crippen LogP contribution in [0.3, 0.4) is 0 Å². The lowest BCUT2D eigenvalue weighted by Crippen LogP contribution is -2.35. The average Bonchev–Trinajstić information content (AvgIpc) is 2.88. The van der Waals surface area contributed by atoms with Gasteiger partial charge in [0.15, 0.2) is 0 Å². The number of hydrazone groups is 1. The van der Waals surface area contributed by atoms with E-state index in [1.807, 2.05) is 19.1 Å². The maximum Gasteiger partial charge on any atom is 0.354 e. The second-order valence-electron chi connectivity index (χ2n) is 5.21. The Morgan fingerprint density at radius 1 is 1.43 bits per heavy atom. The molecule has 0 aliphatic carbocycles. The monoisotopic (exact) mass is 288 g/mol. The minimum Gasteiger partial charge on any atom is -0.464 e. The molecular weight excluding hydrogens is 272 g/mol. The summed E-state index contributed by atoms with van der Waals surface area (Å²) in [6.45, 7) is 1.85. The standard InChI is InChI=1S/C15H16N2O4/c1-9-7-10-8-12(15(19)20-2)16-17(10)13-6-4-3-5-11(13)14(18)21-9/h3-6,9-10H,7-8H2,1-2H3/t9-,10+/m1/s1. The molecule has 110 valence electrons. The summed E-state index contributed by atoms with van der Waals surface area (Å²) in [5, 5.41) is 6.11. The van der Waals surface area contributed by atoms with Crippen LogP contribution in [0.1, 0.15) is 30.1 Å². The van der Waals surface area contributed by atoms with Crippen molar-refractivity contribution in [1.29, 1.82) is 0 Å². The summed E-state index contributed by atoms with van der Waals surface area (Å²) < 4.78 is 10.2. The quantitative estimate of drug-likeness (QED) is 0.736. The first-order valence-electron chi connectivity index (χ1n) is 6.85. The Morgan fingerprint density at radius 3 is 2.95 bits per heavy atom. The number of para-hydroxylation sites is 1. The van der Waals surface area contributed by atoms with Gasteiger partial charge in [-0.05, 0) is 19.1 Å². The van der Waals surface area contributed by atoms with Gasteiger partial charge in [-0.3, -0.25) is 5.01 Å². The maximum atomic E-state index is 12.1. The SMILES string of the molecule is COC(=O)C1=NN2c3ccccc3C(=O)O[C@H](C)C[C@H]2C1. The van der Waals surface area contributed by atoms with Gasteiger partial charge < -0.3 is 9.47 Å². The van der Waals surface area contributed by atoms with Gasteiger partial charge in [0.05, 0.1) is 24.4 Å². The molecule has 2 atom stereocenters. The summed E-state index contributed by atoms with van der Waals surface area (Å²) in [5.41, 5.74) is 1.50. The van der Waals surface area contributed by atoms with Crippen molar-refractivity contribution in [3.8, 4) is 0 Å². The van der Waals surface area contributed by atoms with E-state index in [1.54, 1.807) is 17.1 Å². The van der Waals surface area contributed by atoms with Crippen molar-refractivity contribution in [2.75, 3.05) is 12.1 Å². The summed E-state index contributed by atoms with van der Waals surface area (Å²) in [6, 6.07) is 7.12. The predicted octanol–water partition coefficient (Wildman–Crippen LogP) is 1.74.